The first-order valence-corrected chi connectivity index (χ1v) is 7.31. The first-order valence-electron chi connectivity index (χ1n) is 6.91. The molecule has 2 rings (SSSR count). The molecule has 0 unspecified atom stereocenters. The van der Waals surface area contributed by atoms with E-state index in [4.69, 9.17) is 12.2 Å². The molecule has 0 radical (unpaired) electrons. The van der Waals surface area contributed by atoms with Crippen molar-refractivity contribution < 1.29 is 5.11 Å². The Morgan fingerprint density at radius 3 is 2.33 bits per heavy atom. The van der Waals surface area contributed by atoms with Gasteiger partial charge in [0.05, 0.1) is 6.10 Å². The van der Waals surface area contributed by atoms with Crippen molar-refractivity contribution in [3.05, 3.63) is 65.2 Å². The van der Waals surface area contributed by atoms with Gasteiger partial charge in [-0.05, 0) is 54.9 Å². The molecule has 0 aliphatic carbocycles. The Morgan fingerprint density at radius 2 is 1.71 bits per heavy atom. The van der Waals surface area contributed by atoms with E-state index in [9.17, 15) is 5.11 Å². The molecule has 0 fully saturated rings. The highest BCUT2D eigenvalue weighted by Gasteiger charge is 2.07. The number of anilines is 1. The lowest BCUT2D eigenvalue weighted by atomic mass is 10.1. The number of aliphatic hydroxyl groups is 1. The minimum atomic E-state index is -0.579. The normalized spacial score (nSPS) is 11.8. The van der Waals surface area contributed by atoms with Crippen molar-refractivity contribution in [3.8, 4) is 0 Å². The highest BCUT2D eigenvalue weighted by molar-refractivity contribution is 7.80. The Hall–Kier alpha value is -1.91. The molecule has 2 aromatic rings. The fraction of sp³-hybridized carbons (Fsp3) is 0.235. The molecule has 0 aromatic heterocycles. The molecule has 4 heteroatoms. The van der Waals surface area contributed by atoms with Gasteiger partial charge in [0.1, 0.15) is 0 Å². The maximum Gasteiger partial charge on any atom is 0.170 e. The van der Waals surface area contributed by atoms with Gasteiger partial charge in [-0.2, -0.15) is 0 Å². The lowest BCUT2D eigenvalue weighted by Crippen LogP contribution is -2.32. The van der Waals surface area contributed by atoms with E-state index in [1.165, 1.54) is 11.1 Å². The van der Waals surface area contributed by atoms with Gasteiger partial charge < -0.3 is 15.7 Å². The van der Waals surface area contributed by atoms with E-state index in [0.717, 1.165) is 11.3 Å². The molecule has 0 aliphatic rings. The van der Waals surface area contributed by atoms with Gasteiger partial charge in [-0.1, -0.05) is 36.4 Å². The highest BCUT2D eigenvalue weighted by atomic mass is 32.1. The monoisotopic (exact) mass is 300 g/mol. The summed E-state index contributed by atoms with van der Waals surface area (Å²) in [7, 11) is 0. The van der Waals surface area contributed by atoms with Gasteiger partial charge in [0.15, 0.2) is 5.11 Å². The van der Waals surface area contributed by atoms with Gasteiger partial charge in [0.2, 0.25) is 0 Å². The summed E-state index contributed by atoms with van der Waals surface area (Å²) in [5.74, 6) is 0. The smallest absolute Gasteiger partial charge is 0.170 e. The van der Waals surface area contributed by atoms with Crippen molar-refractivity contribution in [2.24, 2.45) is 0 Å². The number of rotatable bonds is 4. The van der Waals surface area contributed by atoms with Crippen LogP contribution in [0, 0.1) is 13.8 Å². The Labute approximate surface area is 131 Å². The summed E-state index contributed by atoms with van der Waals surface area (Å²) in [6, 6.07) is 15.7. The van der Waals surface area contributed by atoms with Crippen LogP contribution in [0.15, 0.2) is 48.5 Å². The predicted octanol–water partition coefficient (Wildman–Crippen LogP) is 3.32. The lowest BCUT2D eigenvalue weighted by Gasteiger charge is -2.15. The van der Waals surface area contributed by atoms with E-state index in [0.29, 0.717) is 11.7 Å². The van der Waals surface area contributed by atoms with Crippen molar-refractivity contribution >= 4 is 23.0 Å². The minimum Gasteiger partial charge on any atom is -0.387 e. The molecule has 1 atom stereocenters. The fourth-order valence-corrected chi connectivity index (χ4v) is 2.41. The van der Waals surface area contributed by atoms with Crippen molar-refractivity contribution in [3.63, 3.8) is 0 Å². The molecule has 0 saturated carbocycles. The van der Waals surface area contributed by atoms with E-state index in [1.807, 2.05) is 56.3 Å². The van der Waals surface area contributed by atoms with Crippen molar-refractivity contribution in [2.75, 3.05) is 11.9 Å². The second-order valence-corrected chi connectivity index (χ2v) is 5.55. The Kier molecular flexibility index (Phi) is 5.31. The highest BCUT2D eigenvalue weighted by Crippen LogP contribution is 2.14. The maximum absolute atomic E-state index is 10.1. The van der Waals surface area contributed by atoms with Crippen LogP contribution < -0.4 is 10.6 Å². The van der Waals surface area contributed by atoms with Gasteiger partial charge >= 0.3 is 0 Å². The SMILES string of the molecule is Cc1cc(C)cc(NC(=S)NC[C@@H](O)c2ccccc2)c1. The van der Waals surface area contributed by atoms with Crippen LogP contribution in [-0.4, -0.2) is 16.8 Å². The molecule has 0 amide bonds. The van der Waals surface area contributed by atoms with Crippen LogP contribution in [0.1, 0.15) is 22.8 Å². The Bertz CT molecular complexity index is 593. The van der Waals surface area contributed by atoms with E-state index < -0.39 is 6.10 Å². The van der Waals surface area contributed by atoms with Gasteiger partial charge in [0, 0.05) is 12.2 Å². The zero-order valence-electron chi connectivity index (χ0n) is 12.3. The van der Waals surface area contributed by atoms with Gasteiger partial charge in [-0.3, -0.25) is 0 Å². The summed E-state index contributed by atoms with van der Waals surface area (Å²) in [6.45, 7) is 4.47. The molecule has 3 N–H and O–H groups in total. The fourth-order valence-electron chi connectivity index (χ4n) is 2.20. The number of hydrogen-bond donors (Lipinski definition) is 3. The zero-order chi connectivity index (χ0) is 15.2. The number of aryl methyl sites for hydroxylation is 2. The van der Waals surface area contributed by atoms with Crippen LogP contribution >= 0.6 is 12.2 Å². The summed E-state index contributed by atoms with van der Waals surface area (Å²) < 4.78 is 0. The number of thiocarbonyl (C=S) groups is 1. The maximum atomic E-state index is 10.1. The average Bonchev–Trinajstić information content (AvgIpc) is 2.44. The Morgan fingerprint density at radius 1 is 1.10 bits per heavy atom. The third-order valence-electron chi connectivity index (χ3n) is 3.12. The molecule has 0 saturated heterocycles. The van der Waals surface area contributed by atoms with E-state index in [2.05, 4.69) is 16.7 Å². The number of nitrogens with one attached hydrogen (secondary N) is 2. The molecular weight excluding hydrogens is 280 g/mol. The van der Waals surface area contributed by atoms with Gasteiger partial charge in [-0.15, -0.1) is 0 Å². The summed E-state index contributed by atoms with van der Waals surface area (Å²) in [4.78, 5) is 0. The third kappa shape index (κ3) is 4.85. The quantitative estimate of drug-likeness (QED) is 0.758. The molecule has 0 heterocycles. The van der Waals surface area contributed by atoms with E-state index in [-0.39, 0.29) is 0 Å². The van der Waals surface area contributed by atoms with Gasteiger partial charge in [0.25, 0.3) is 0 Å². The van der Waals surface area contributed by atoms with Crippen LogP contribution in [0.5, 0.6) is 0 Å². The minimum absolute atomic E-state index is 0.376. The molecule has 2 aromatic carbocycles. The zero-order valence-corrected chi connectivity index (χ0v) is 13.1. The van der Waals surface area contributed by atoms with Crippen LogP contribution in [0.4, 0.5) is 5.69 Å². The lowest BCUT2D eigenvalue weighted by molar-refractivity contribution is 0.181. The molecular formula is C17H20N2OS. The van der Waals surface area contributed by atoms with Crippen molar-refractivity contribution in [1.29, 1.82) is 0 Å². The number of aliphatic hydroxyl groups excluding tert-OH is 1. The van der Waals surface area contributed by atoms with Crippen LogP contribution in [0.25, 0.3) is 0 Å². The topological polar surface area (TPSA) is 44.3 Å². The molecule has 0 spiro atoms. The second-order valence-electron chi connectivity index (χ2n) is 5.14. The van der Waals surface area contributed by atoms with E-state index in [1.54, 1.807) is 0 Å². The summed E-state index contributed by atoms with van der Waals surface area (Å²) >= 11 is 5.26. The summed E-state index contributed by atoms with van der Waals surface area (Å²) in [5, 5.41) is 16.8. The second kappa shape index (κ2) is 7.20. The summed E-state index contributed by atoms with van der Waals surface area (Å²) in [5.41, 5.74) is 4.20. The Balaban J connectivity index is 1.87. The largest absolute Gasteiger partial charge is 0.387 e. The van der Waals surface area contributed by atoms with Crippen molar-refractivity contribution in [2.45, 2.75) is 20.0 Å². The first kappa shape index (κ1) is 15.5. The molecule has 21 heavy (non-hydrogen) atoms. The summed E-state index contributed by atoms with van der Waals surface area (Å²) in [6.07, 6.45) is -0.579. The first-order chi connectivity index (χ1) is 10.0. The average molecular weight is 300 g/mol. The van der Waals surface area contributed by atoms with Crippen molar-refractivity contribution in [1.82, 2.24) is 5.32 Å². The number of hydrogen-bond acceptors (Lipinski definition) is 2. The molecule has 110 valence electrons. The number of benzene rings is 2. The molecule has 0 bridgehead atoms. The van der Waals surface area contributed by atoms with E-state index >= 15 is 0 Å². The predicted molar refractivity (Wildman–Crippen MR) is 91.5 cm³/mol. The van der Waals surface area contributed by atoms with Gasteiger partial charge in [-0.25, -0.2) is 0 Å². The standard InChI is InChI=1S/C17H20N2OS/c1-12-8-13(2)10-15(9-12)19-17(21)18-11-16(20)14-6-4-3-5-7-14/h3-10,16,20H,11H2,1-2H3,(H2,18,19,21)/t16-/m1/s1. The van der Waals surface area contributed by atoms with Crippen LogP contribution in [0.3, 0.4) is 0 Å². The molecule has 3 nitrogen and oxygen atoms in total. The van der Waals surface area contributed by atoms with Crippen LogP contribution in [0.2, 0.25) is 0 Å². The third-order valence-corrected chi connectivity index (χ3v) is 3.37. The molecule has 0 aliphatic heterocycles. The van der Waals surface area contributed by atoms with Crippen LogP contribution in [-0.2, 0) is 0 Å².